The molecule has 0 spiro atoms. The molecule has 2 N–H and O–H groups in total. The van der Waals surface area contributed by atoms with Gasteiger partial charge < -0.3 is 10.6 Å². The summed E-state index contributed by atoms with van der Waals surface area (Å²) in [6.07, 6.45) is 1.32. The number of hydrogen-bond donors (Lipinski definition) is 1. The lowest BCUT2D eigenvalue weighted by atomic mass is 10.1. The molecule has 18 heavy (non-hydrogen) atoms. The number of rotatable bonds is 6. The van der Waals surface area contributed by atoms with Crippen molar-refractivity contribution in [1.82, 2.24) is 9.80 Å². The van der Waals surface area contributed by atoms with Crippen LogP contribution in [0.25, 0.3) is 0 Å². The Hall–Kier alpha value is -0.900. The minimum absolute atomic E-state index is 0.761. The molecule has 1 fully saturated rings. The predicted molar refractivity (Wildman–Crippen MR) is 76.4 cm³/mol. The number of benzene rings is 1. The highest BCUT2D eigenvalue weighted by atomic mass is 15.2. The third-order valence-electron chi connectivity index (χ3n) is 3.70. The smallest absolute Gasteiger partial charge is 0.0233 e. The Morgan fingerprint density at radius 2 is 2.11 bits per heavy atom. The van der Waals surface area contributed by atoms with Gasteiger partial charge in [0.1, 0.15) is 0 Å². The molecule has 0 radical (unpaired) electrons. The van der Waals surface area contributed by atoms with Crippen LogP contribution in [0.3, 0.4) is 0 Å². The molecule has 2 rings (SSSR count). The van der Waals surface area contributed by atoms with Crippen molar-refractivity contribution >= 4 is 0 Å². The first-order valence-corrected chi connectivity index (χ1v) is 6.93. The fraction of sp³-hybridized carbons (Fsp3) is 0.600. The van der Waals surface area contributed by atoms with Crippen LogP contribution in [0.1, 0.15) is 12.0 Å². The molecule has 100 valence electrons. The maximum Gasteiger partial charge on any atom is 0.0233 e. The SMILES string of the molecule is CN(CCN)C[C@H]1CCN(Cc2ccccc2)C1. The predicted octanol–water partition coefficient (Wildman–Crippen LogP) is 1.40. The molecule has 1 saturated heterocycles. The Morgan fingerprint density at radius 3 is 2.83 bits per heavy atom. The first-order chi connectivity index (χ1) is 8.78. The lowest BCUT2D eigenvalue weighted by Crippen LogP contribution is -2.31. The van der Waals surface area contributed by atoms with E-state index in [1.165, 1.54) is 31.6 Å². The molecule has 1 atom stereocenters. The summed E-state index contributed by atoms with van der Waals surface area (Å²) in [5, 5.41) is 0. The zero-order valence-corrected chi connectivity index (χ0v) is 11.4. The quantitative estimate of drug-likeness (QED) is 0.825. The van der Waals surface area contributed by atoms with Gasteiger partial charge in [0.2, 0.25) is 0 Å². The van der Waals surface area contributed by atoms with Crippen molar-refractivity contribution in [2.75, 3.05) is 39.8 Å². The van der Waals surface area contributed by atoms with Gasteiger partial charge in [0.15, 0.2) is 0 Å². The van der Waals surface area contributed by atoms with E-state index in [0.717, 1.165) is 25.6 Å². The summed E-state index contributed by atoms with van der Waals surface area (Å²) in [5.74, 6) is 0.810. The Kier molecular flexibility index (Phi) is 5.17. The molecule has 1 aliphatic rings. The molecule has 0 bridgehead atoms. The fourth-order valence-corrected chi connectivity index (χ4v) is 2.80. The van der Waals surface area contributed by atoms with Gasteiger partial charge in [-0.25, -0.2) is 0 Å². The van der Waals surface area contributed by atoms with Crippen LogP contribution >= 0.6 is 0 Å². The standard InChI is InChI=1S/C15H25N3/c1-17(10-8-16)11-15-7-9-18(13-15)12-14-5-3-2-4-6-14/h2-6,15H,7-13,16H2,1H3/t15-/m1/s1. The summed E-state index contributed by atoms with van der Waals surface area (Å²) in [7, 11) is 2.17. The average Bonchev–Trinajstić information content (AvgIpc) is 2.78. The van der Waals surface area contributed by atoms with E-state index in [2.05, 4.69) is 47.2 Å². The Bertz CT molecular complexity index is 339. The van der Waals surface area contributed by atoms with E-state index in [1.807, 2.05) is 0 Å². The number of hydrogen-bond acceptors (Lipinski definition) is 3. The van der Waals surface area contributed by atoms with E-state index >= 15 is 0 Å². The van der Waals surface area contributed by atoms with Gasteiger partial charge in [-0.1, -0.05) is 30.3 Å². The Labute approximate surface area is 111 Å². The molecule has 1 aromatic carbocycles. The zero-order valence-electron chi connectivity index (χ0n) is 11.4. The summed E-state index contributed by atoms with van der Waals surface area (Å²) >= 11 is 0. The van der Waals surface area contributed by atoms with Crippen molar-refractivity contribution in [2.45, 2.75) is 13.0 Å². The van der Waals surface area contributed by atoms with Gasteiger partial charge in [-0.2, -0.15) is 0 Å². The van der Waals surface area contributed by atoms with Crippen molar-refractivity contribution < 1.29 is 0 Å². The molecule has 0 saturated carbocycles. The second kappa shape index (κ2) is 6.88. The van der Waals surface area contributed by atoms with Crippen LogP contribution in [0.5, 0.6) is 0 Å². The molecule has 0 amide bonds. The first-order valence-electron chi connectivity index (χ1n) is 6.93. The van der Waals surface area contributed by atoms with Crippen LogP contribution in [0, 0.1) is 5.92 Å². The Morgan fingerprint density at radius 1 is 1.33 bits per heavy atom. The fourth-order valence-electron chi connectivity index (χ4n) is 2.80. The monoisotopic (exact) mass is 247 g/mol. The number of nitrogens with two attached hydrogens (primary N) is 1. The average molecular weight is 247 g/mol. The normalized spacial score (nSPS) is 20.7. The summed E-state index contributed by atoms with van der Waals surface area (Å²) in [6, 6.07) is 10.8. The van der Waals surface area contributed by atoms with Crippen molar-refractivity contribution in [2.24, 2.45) is 11.7 Å². The second-order valence-corrected chi connectivity index (χ2v) is 5.43. The van der Waals surface area contributed by atoms with Gasteiger partial charge in [0.05, 0.1) is 0 Å². The molecule has 0 aliphatic carbocycles. The van der Waals surface area contributed by atoms with E-state index < -0.39 is 0 Å². The van der Waals surface area contributed by atoms with Crippen molar-refractivity contribution in [3.8, 4) is 0 Å². The molecular weight excluding hydrogens is 222 g/mol. The van der Waals surface area contributed by atoms with Gasteiger partial charge >= 0.3 is 0 Å². The van der Waals surface area contributed by atoms with Crippen molar-refractivity contribution in [3.63, 3.8) is 0 Å². The molecule has 0 aromatic heterocycles. The second-order valence-electron chi connectivity index (χ2n) is 5.43. The maximum absolute atomic E-state index is 5.58. The maximum atomic E-state index is 5.58. The minimum atomic E-state index is 0.761. The van der Waals surface area contributed by atoms with Crippen LogP contribution in [0.4, 0.5) is 0 Å². The van der Waals surface area contributed by atoms with Gasteiger partial charge in [0, 0.05) is 32.7 Å². The van der Waals surface area contributed by atoms with Crippen LogP contribution < -0.4 is 5.73 Å². The van der Waals surface area contributed by atoms with Gasteiger partial charge in [-0.3, -0.25) is 4.90 Å². The molecule has 1 aromatic rings. The summed E-state index contributed by atoms with van der Waals surface area (Å²) < 4.78 is 0. The third kappa shape index (κ3) is 4.09. The van der Waals surface area contributed by atoms with Crippen LogP contribution in [-0.2, 0) is 6.54 Å². The molecule has 3 heteroatoms. The van der Waals surface area contributed by atoms with Crippen LogP contribution in [0.2, 0.25) is 0 Å². The first kappa shape index (κ1) is 13.5. The number of nitrogens with zero attached hydrogens (tertiary/aromatic N) is 2. The van der Waals surface area contributed by atoms with E-state index in [4.69, 9.17) is 5.73 Å². The summed E-state index contributed by atoms with van der Waals surface area (Å²) in [4.78, 5) is 4.92. The molecule has 3 nitrogen and oxygen atoms in total. The number of likely N-dealkylation sites (tertiary alicyclic amines) is 1. The Balaban J connectivity index is 1.75. The lowest BCUT2D eigenvalue weighted by Gasteiger charge is -2.21. The van der Waals surface area contributed by atoms with Crippen molar-refractivity contribution in [3.05, 3.63) is 35.9 Å². The van der Waals surface area contributed by atoms with E-state index in [0.29, 0.717) is 0 Å². The van der Waals surface area contributed by atoms with Gasteiger partial charge in [-0.15, -0.1) is 0 Å². The van der Waals surface area contributed by atoms with Gasteiger partial charge in [-0.05, 0) is 31.5 Å². The third-order valence-corrected chi connectivity index (χ3v) is 3.70. The minimum Gasteiger partial charge on any atom is -0.329 e. The lowest BCUT2D eigenvalue weighted by molar-refractivity contribution is 0.264. The van der Waals surface area contributed by atoms with E-state index in [-0.39, 0.29) is 0 Å². The molecular formula is C15H25N3. The topological polar surface area (TPSA) is 32.5 Å². The largest absolute Gasteiger partial charge is 0.329 e. The zero-order chi connectivity index (χ0) is 12.8. The molecule has 1 heterocycles. The highest BCUT2D eigenvalue weighted by Gasteiger charge is 2.23. The van der Waals surface area contributed by atoms with E-state index in [9.17, 15) is 0 Å². The summed E-state index contributed by atoms with van der Waals surface area (Å²) in [5.41, 5.74) is 7.01. The van der Waals surface area contributed by atoms with Gasteiger partial charge in [0.25, 0.3) is 0 Å². The molecule has 0 unspecified atom stereocenters. The highest BCUT2D eigenvalue weighted by molar-refractivity contribution is 5.14. The van der Waals surface area contributed by atoms with E-state index in [1.54, 1.807) is 0 Å². The number of likely N-dealkylation sites (N-methyl/N-ethyl adjacent to an activating group) is 1. The summed E-state index contributed by atoms with van der Waals surface area (Å²) in [6.45, 7) is 6.51. The molecule has 1 aliphatic heterocycles. The van der Waals surface area contributed by atoms with Crippen LogP contribution in [-0.4, -0.2) is 49.6 Å². The highest BCUT2D eigenvalue weighted by Crippen LogP contribution is 2.19. The van der Waals surface area contributed by atoms with Crippen molar-refractivity contribution in [1.29, 1.82) is 0 Å². The van der Waals surface area contributed by atoms with Crippen LogP contribution in [0.15, 0.2) is 30.3 Å².